The molecule has 1 aromatic heterocycles. The molecule has 0 bridgehead atoms. The fourth-order valence-electron chi connectivity index (χ4n) is 5.49. The van der Waals surface area contributed by atoms with Crippen LogP contribution in [0.25, 0.3) is 0 Å². The molecule has 0 radical (unpaired) electrons. The molecule has 11 nitrogen and oxygen atoms in total. The molecule has 48 heavy (non-hydrogen) atoms. The molecule has 2 aromatic carbocycles. The monoisotopic (exact) mass is 712 g/mol. The van der Waals surface area contributed by atoms with Crippen molar-refractivity contribution in [3.05, 3.63) is 81.7 Å². The number of primary amides is 1. The van der Waals surface area contributed by atoms with E-state index in [4.69, 9.17) is 32.0 Å². The summed E-state index contributed by atoms with van der Waals surface area (Å²) < 4.78 is 37.3. The van der Waals surface area contributed by atoms with E-state index in [1.165, 1.54) is 0 Å². The third-order valence-corrected chi connectivity index (χ3v) is 8.76. The summed E-state index contributed by atoms with van der Waals surface area (Å²) in [4.78, 5) is 49.8. The molecule has 1 aliphatic rings. The number of thiophene rings is 1. The van der Waals surface area contributed by atoms with Crippen molar-refractivity contribution in [2.75, 3.05) is 32.1 Å². The van der Waals surface area contributed by atoms with Crippen LogP contribution >= 0.6 is 22.9 Å². The number of carboxylic acids is 1. The third kappa shape index (κ3) is 11.1. The Kier molecular flexibility index (Phi) is 13.2. The molecule has 1 aliphatic heterocycles. The van der Waals surface area contributed by atoms with Crippen LogP contribution in [0, 0.1) is 0 Å². The predicted octanol–water partition coefficient (Wildman–Crippen LogP) is 4.32. The van der Waals surface area contributed by atoms with E-state index in [2.05, 4.69) is 12.4 Å². The molecule has 3 amide bonds. The highest BCUT2D eigenvalue weighted by Crippen LogP contribution is 2.29. The number of amides is 3. The largest absolute Gasteiger partial charge is 0.542 e. The smallest absolute Gasteiger partial charge is 0.430 e. The number of halogens is 4. The number of phenolic OH excluding ortho intramolecular Hbond substituents is 1. The number of quaternary nitrogens is 1. The number of ether oxygens (including phenoxy) is 1. The highest BCUT2D eigenvalue weighted by atomic mass is 35.5. The van der Waals surface area contributed by atoms with Crippen molar-refractivity contribution < 1.29 is 51.8 Å². The SMILES string of the molecule is CCOC(=O)c1ccc(NC(=O)N([C@@H]2CCC[N+](C)(Cc3cccc(Cl)c3)C2)[C@@H](Cc2ccc(O)cc2)C(N)=O)s1.O=C([O-])C(F)(F)F. The Balaban J connectivity index is 0.000000804. The minimum absolute atomic E-state index is 0.107. The van der Waals surface area contributed by atoms with Crippen molar-refractivity contribution in [1.29, 1.82) is 0 Å². The standard InChI is InChI=1S/C30H35ClN4O5S.C2HF3O2/c1-3-40-29(38)26-13-14-27(41-26)33-30(39)34(25(28(32)37)17-20-9-11-24(36)12-10-20)23-8-5-15-35(2,19-23)18-21-6-4-7-22(31)16-21;3-2(4,5)1(6)7/h4,6-7,9-14,16,23,25H,3,5,8,15,17-19H2,1-2H3,(H3-,32,33,36,37,38,39);(H,6,7)/t23-,25+,35?;/m1./s1. The van der Waals surface area contributed by atoms with E-state index in [1.807, 2.05) is 24.3 Å². The number of aliphatic carboxylic acids is 1. The molecule has 3 aromatic rings. The summed E-state index contributed by atoms with van der Waals surface area (Å²) in [5, 5.41) is 22.5. The van der Waals surface area contributed by atoms with Crippen molar-refractivity contribution in [3.63, 3.8) is 0 Å². The zero-order valence-electron chi connectivity index (χ0n) is 26.2. The van der Waals surface area contributed by atoms with Gasteiger partial charge in [-0.1, -0.05) is 35.9 Å². The first kappa shape index (κ1) is 38.1. The van der Waals surface area contributed by atoms with Crippen molar-refractivity contribution in [1.82, 2.24) is 4.90 Å². The van der Waals surface area contributed by atoms with Gasteiger partial charge < -0.3 is 34.9 Å². The Labute approximate surface area is 284 Å². The number of carbonyl (C=O) groups excluding carboxylic acids is 4. The first-order valence-corrected chi connectivity index (χ1v) is 16.0. The molecule has 260 valence electrons. The van der Waals surface area contributed by atoms with E-state index in [1.54, 1.807) is 48.2 Å². The number of nitrogens with zero attached hydrogens (tertiary/aromatic N) is 2. The molecule has 2 heterocycles. The first-order chi connectivity index (χ1) is 22.5. The van der Waals surface area contributed by atoms with Crippen molar-refractivity contribution >= 4 is 51.8 Å². The number of nitrogens with one attached hydrogen (secondary N) is 1. The average Bonchev–Trinajstić information content (AvgIpc) is 3.46. The number of urea groups is 1. The van der Waals surface area contributed by atoms with Gasteiger partial charge in [-0.15, -0.1) is 11.3 Å². The number of nitrogens with two attached hydrogens (primary N) is 1. The number of hydrogen-bond acceptors (Lipinski definition) is 8. The molecule has 1 fully saturated rings. The number of rotatable bonds is 10. The van der Waals surface area contributed by atoms with Gasteiger partial charge in [0.1, 0.15) is 29.2 Å². The van der Waals surface area contributed by atoms with E-state index in [9.17, 15) is 32.7 Å². The molecule has 16 heteroatoms. The zero-order valence-corrected chi connectivity index (χ0v) is 27.7. The van der Waals surface area contributed by atoms with Crippen LogP contribution < -0.4 is 16.2 Å². The van der Waals surface area contributed by atoms with Crippen molar-refractivity contribution in [2.45, 2.75) is 51.0 Å². The van der Waals surface area contributed by atoms with Gasteiger partial charge in [-0.3, -0.25) is 10.1 Å². The van der Waals surface area contributed by atoms with Crippen LogP contribution in [0.5, 0.6) is 5.75 Å². The number of piperidine rings is 1. The average molecular weight is 713 g/mol. The van der Waals surface area contributed by atoms with Gasteiger partial charge in [-0.25, -0.2) is 9.59 Å². The summed E-state index contributed by atoms with van der Waals surface area (Å²) in [5.41, 5.74) is 7.81. The second kappa shape index (κ2) is 16.7. The summed E-state index contributed by atoms with van der Waals surface area (Å²) in [6, 6.07) is 15.8. The van der Waals surface area contributed by atoms with Gasteiger partial charge >= 0.3 is 18.2 Å². The van der Waals surface area contributed by atoms with Crippen molar-refractivity contribution in [2.24, 2.45) is 5.73 Å². The molecule has 1 unspecified atom stereocenters. The fourth-order valence-corrected chi connectivity index (χ4v) is 6.49. The van der Waals surface area contributed by atoms with Crippen LogP contribution in [0.2, 0.25) is 5.02 Å². The lowest BCUT2D eigenvalue weighted by Gasteiger charge is -2.46. The second-order valence-corrected chi connectivity index (χ2v) is 12.9. The first-order valence-electron chi connectivity index (χ1n) is 14.8. The molecular weight excluding hydrogens is 677 g/mol. The molecule has 0 saturated carbocycles. The number of hydrogen-bond donors (Lipinski definition) is 3. The minimum Gasteiger partial charge on any atom is -0.542 e. The van der Waals surface area contributed by atoms with E-state index in [-0.39, 0.29) is 24.8 Å². The maximum atomic E-state index is 14.0. The molecule has 0 aliphatic carbocycles. The van der Waals surface area contributed by atoms with Crippen LogP contribution in [0.4, 0.5) is 23.0 Å². The predicted molar refractivity (Wildman–Crippen MR) is 171 cm³/mol. The number of alkyl halides is 3. The van der Waals surface area contributed by atoms with Gasteiger partial charge in [-0.2, -0.15) is 13.2 Å². The maximum Gasteiger partial charge on any atom is 0.430 e. The third-order valence-electron chi connectivity index (χ3n) is 7.54. The lowest BCUT2D eigenvalue weighted by molar-refractivity contribution is -0.928. The minimum atomic E-state index is -5.19. The molecule has 4 rings (SSSR count). The van der Waals surface area contributed by atoms with Gasteiger partial charge in [0.25, 0.3) is 0 Å². The van der Waals surface area contributed by atoms with Crippen LogP contribution in [-0.4, -0.2) is 83.4 Å². The number of carboxylic acid groups (broad SMARTS) is 1. The quantitative estimate of drug-likeness (QED) is 0.208. The Morgan fingerprint density at radius 2 is 1.81 bits per heavy atom. The van der Waals surface area contributed by atoms with Crippen LogP contribution in [-0.2, 0) is 27.3 Å². The summed E-state index contributed by atoms with van der Waals surface area (Å²) in [7, 11) is 2.15. The highest BCUT2D eigenvalue weighted by Gasteiger charge is 2.41. The van der Waals surface area contributed by atoms with E-state index in [0.29, 0.717) is 32.3 Å². The number of likely N-dealkylation sites (N-methyl/N-ethyl adjacent to an activating group) is 1. The second-order valence-electron chi connectivity index (χ2n) is 11.4. The number of carbonyl (C=O) groups is 4. The van der Waals surface area contributed by atoms with Crippen LogP contribution in [0.15, 0.2) is 60.7 Å². The molecule has 1 saturated heterocycles. The van der Waals surface area contributed by atoms with Gasteiger partial charge in [0.15, 0.2) is 0 Å². The maximum absolute atomic E-state index is 14.0. The number of aromatic hydroxyl groups is 1. The Morgan fingerprint density at radius 1 is 1.15 bits per heavy atom. The van der Waals surface area contributed by atoms with Gasteiger partial charge in [0.2, 0.25) is 5.91 Å². The number of likely N-dealkylation sites (tertiary alicyclic amines) is 1. The van der Waals surface area contributed by atoms with E-state index >= 15 is 0 Å². The topological polar surface area (TPSA) is 162 Å². The Bertz CT molecular complexity index is 1590. The molecular formula is C32H36ClF3N4O7S. The number of phenols is 1. The molecule has 0 spiro atoms. The summed E-state index contributed by atoms with van der Waals surface area (Å²) in [6.45, 7) is 4.22. The van der Waals surface area contributed by atoms with Crippen LogP contribution in [0.1, 0.15) is 40.6 Å². The van der Waals surface area contributed by atoms with Crippen LogP contribution in [0.3, 0.4) is 0 Å². The number of anilines is 1. The van der Waals surface area contributed by atoms with Gasteiger partial charge in [0.05, 0.1) is 37.8 Å². The fraction of sp³-hybridized carbons (Fsp3) is 0.375. The van der Waals surface area contributed by atoms with Gasteiger partial charge in [-0.05, 0) is 61.7 Å². The Hall–Kier alpha value is -4.34. The lowest BCUT2D eigenvalue weighted by atomic mass is 9.96. The summed E-state index contributed by atoms with van der Waals surface area (Å²) >= 11 is 7.35. The lowest BCUT2D eigenvalue weighted by Crippen LogP contribution is -2.62. The molecule has 4 N–H and O–H groups in total. The zero-order chi connectivity index (χ0) is 35.6. The molecule has 3 atom stereocenters. The van der Waals surface area contributed by atoms with E-state index in [0.717, 1.165) is 42.0 Å². The van der Waals surface area contributed by atoms with Gasteiger partial charge in [0, 0.05) is 17.0 Å². The van der Waals surface area contributed by atoms with E-state index < -0.39 is 36.1 Å². The summed E-state index contributed by atoms with van der Waals surface area (Å²) in [5.74, 6) is -3.98. The normalized spacial score (nSPS) is 18.1. The number of benzene rings is 2. The highest BCUT2D eigenvalue weighted by molar-refractivity contribution is 7.18. The summed E-state index contributed by atoms with van der Waals surface area (Å²) in [6.07, 6.45) is -3.45. The Morgan fingerprint density at radius 3 is 2.40 bits per heavy atom. The van der Waals surface area contributed by atoms with Crippen molar-refractivity contribution in [3.8, 4) is 5.75 Å². The number of esters is 1.